The lowest BCUT2D eigenvalue weighted by Crippen LogP contribution is -2.14. The molecule has 0 unspecified atom stereocenters. The Kier molecular flexibility index (Phi) is 4.99. The Labute approximate surface area is 166 Å². The molecule has 0 radical (unpaired) electrons. The molecule has 0 fully saturated rings. The summed E-state index contributed by atoms with van der Waals surface area (Å²) in [6.07, 6.45) is 0. The second-order valence-corrected chi connectivity index (χ2v) is 7.29. The second kappa shape index (κ2) is 7.74. The molecule has 6 nitrogen and oxygen atoms in total. The van der Waals surface area contributed by atoms with Crippen LogP contribution in [0.4, 0.5) is 11.4 Å². The van der Waals surface area contributed by atoms with E-state index in [4.69, 9.17) is 5.73 Å². The number of nitrogens with one attached hydrogen (secondary N) is 1. The lowest BCUT2D eigenvalue weighted by Gasteiger charge is -2.08. The van der Waals surface area contributed by atoms with Gasteiger partial charge < -0.3 is 15.6 Å². The van der Waals surface area contributed by atoms with Crippen molar-refractivity contribution >= 4 is 39.8 Å². The van der Waals surface area contributed by atoms with Gasteiger partial charge in [0.05, 0.1) is 5.75 Å². The minimum absolute atomic E-state index is 0.0848. The normalized spacial score (nSPS) is 10.9. The van der Waals surface area contributed by atoms with Gasteiger partial charge in [0.2, 0.25) is 5.91 Å². The van der Waals surface area contributed by atoms with E-state index in [1.807, 2.05) is 78.3 Å². The van der Waals surface area contributed by atoms with E-state index < -0.39 is 0 Å². The summed E-state index contributed by atoms with van der Waals surface area (Å²) in [4.78, 5) is 12.5. The first kappa shape index (κ1) is 18.1. The van der Waals surface area contributed by atoms with Gasteiger partial charge >= 0.3 is 0 Å². The predicted octanol–water partition coefficient (Wildman–Crippen LogP) is 3.95. The average molecular weight is 389 g/mol. The van der Waals surface area contributed by atoms with E-state index >= 15 is 0 Å². The van der Waals surface area contributed by atoms with Crippen LogP contribution in [0.15, 0.2) is 71.9 Å². The van der Waals surface area contributed by atoms with Crippen molar-refractivity contribution in [2.75, 3.05) is 16.8 Å². The summed E-state index contributed by atoms with van der Waals surface area (Å²) in [6, 6.07) is 21.3. The first-order valence-corrected chi connectivity index (χ1v) is 9.76. The number of fused-ring (bicyclic) bond motifs is 1. The zero-order valence-electron chi connectivity index (χ0n) is 15.3. The number of nitrogens with zero attached hydrogens (tertiary/aromatic N) is 3. The van der Waals surface area contributed by atoms with Crippen molar-refractivity contribution in [3.63, 3.8) is 0 Å². The van der Waals surface area contributed by atoms with Gasteiger partial charge in [0, 0.05) is 29.4 Å². The molecule has 0 aliphatic rings. The Balaban J connectivity index is 1.44. The summed E-state index contributed by atoms with van der Waals surface area (Å²) in [6.45, 7) is 0. The lowest BCUT2D eigenvalue weighted by atomic mass is 10.1. The molecule has 0 atom stereocenters. The highest BCUT2D eigenvalue weighted by atomic mass is 32.2. The van der Waals surface area contributed by atoms with Crippen LogP contribution in [0.1, 0.15) is 0 Å². The van der Waals surface area contributed by atoms with E-state index in [2.05, 4.69) is 15.5 Å². The Morgan fingerprint density at radius 1 is 1.04 bits per heavy atom. The molecule has 0 aliphatic heterocycles. The monoisotopic (exact) mass is 389 g/mol. The molecule has 4 rings (SSSR count). The van der Waals surface area contributed by atoms with Crippen molar-refractivity contribution in [3.05, 3.63) is 66.7 Å². The summed E-state index contributed by atoms with van der Waals surface area (Å²) in [5.41, 5.74) is 8.17. The van der Waals surface area contributed by atoms with Gasteiger partial charge in [-0.2, -0.15) is 0 Å². The predicted molar refractivity (Wildman–Crippen MR) is 114 cm³/mol. The number of amides is 1. The van der Waals surface area contributed by atoms with Crippen molar-refractivity contribution in [3.8, 4) is 11.4 Å². The topological polar surface area (TPSA) is 85.8 Å². The van der Waals surface area contributed by atoms with Gasteiger partial charge in [-0.25, -0.2) is 0 Å². The largest absolute Gasteiger partial charge is 0.399 e. The number of anilines is 2. The Hall–Kier alpha value is -3.32. The molecule has 7 heteroatoms. The standard InChI is InChI=1S/C21H19N5OS/c1-26-20(15-9-11-16(22)12-10-15)24-25-21(26)28-13-19(27)23-18-8-4-6-14-5-2-3-7-17(14)18/h2-12H,13,22H2,1H3,(H,23,27). The maximum atomic E-state index is 12.5. The van der Waals surface area contributed by atoms with E-state index in [9.17, 15) is 4.79 Å². The first-order valence-electron chi connectivity index (χ1n) is 8.77. The van der Waals surface area contributed by atoms with Crippen LogP contribution in [0.2, 0.25) is 0 Å². The highest BCUT2D eigenvalue weighted by Crippen LogP contribution is 2.25. The van der Waals surface area contributed by atoms with Gasteiger partial charge in [-0.05, 0) is 35.7 Å². The molecule has 1 heterocycles. The fourth-order valence-electron chi connectivity index (χ4n) is 2.97. The van der Waals surface area contributed by atoms with Crippen LogP contribution in [0.3, 0.4) is 0 Å². The number of nitrogens with two attached hydrogens (primary N) is 1. The maximum absolute atomic E-state index is 12.5. The SMILES string of the molecule is Cn1c(SCC(=O)Nc2cccc3ccccc23)nnc1-c1ccc(N)cc1. The van der Waals surface area contributed by atoms with Gasteiger partial charge in [-0.15, -0.1) is 10.2 Å². The van der Waals surface area contributed by atoms with Gasteiger partial charge in [0.15, 0.2) is 11.0 Å². The average Bonchev–Trinajstić information content (AvgIpc) is 3.08. The molecule has 0 aliphatic carbocycles. The smallest absolute Gasteiger partial charge is 0.234 e. The van der Waals surface area contributed by atoms with Crippen molar-refractivity contribution < 1.29 is 4.79 Å². The van der Waals surface area contributed by atoms with Gasteiger partial charge in [-0.1, -0.05) is 48.2 Å². The summed E-state index contributed by atoms with van der Waals surface area (Å²) in [5, 5.41) is 14.2. The molecule has 3 N–H and O–H groups in total. The fourth-order valence-corrected chi connectivity index (χ4v) is 3.69. The number of hydrogen-bond acceptors (Lipinski definition) is 5. The molecule has 3 aromatic carbocycles. The zero-order valence-corrected chi connectivity index (χ0v) is 16.1. The number of thioether (sulfide) groups is 1. The van der Waals surface area contributed by atoms with Gasteiger partial charge in [0.1, 0.15) is 0 Å². The molecule has 1 aromatic heterocycles. The molecular formula is C21H19N5OS. The molecule has 1 amide bonds. The number of benzene rings is 3. The quantitative estimate of drug-likeness (QED) is 0.399. The van der Waals surface area contributed by atoms with Crippen molar-refractivity contribution in [2.24, 2.45) is 7.05 Å². The minimum atomic E-state index is -0.0848. The zero-order chi connectivity index (χ0) is 19.5. The van der Waals surface area contributed by atoms with Crippen LogP contribution in [0, 0.1) is 0 Å². The fraction of sp³-hybridized carbons (Fsp3) is 0.0952. The third kappa shape index (κ3) is 3.70. The summed E-state index contributed by atoms with van der Waals surface area (Å²) in [5.74, 6) is 0.895. The molecule has 140 valence electrons. The number of nitrogen functional groups attached to an aromatic ring is 1. The van der Waals surface area contributed by atoms with E-state index in [-0.39, 0.29) is 11.7 Å². The van der Waals surface area contributed by atoms with Crippen LogP contribution in [-0.2, 0) is 11.8 Å². The number of carbonyl (C=O) groups is 1. The van der Waals surface area contributed by atoms with E-state index in [0.717, 1.165) is 27.8 Å². The van der Waals surface area contributed by atoms with Crippen LogP contribution < -0.4 is 11.1 Å². The van der Waals surface area contributed by atoms with E-state index in [1.165, 1.54) is 11.8 Å². The molecule has 0 saturated carbocycles. The molecule has 0 bridgehead atoms. The summed E-state index contributed by atoms with van der Waals surface area (Å²) < 4.78 is 1.88. The third-order valence-corrected chi connectivity index (χ3v) is 5.42. The highest BCUT2D eigenvalue weighted by molar-refractivity contribution is 7.99. The Bertz CT molecular complexity index is 1130. The number of carbonyl (C=O) groups excluding carboxylic acids is 1. The van der Waals surface area contributed by atoms with Gasteiger partial charge in [-0.3, -0.25) is 4.79 Å². The van der Waals surface area contributed by atoms with E-state index in [0.29, 0.717) is 10.8 Å². The van der Waals surface area contributed by atoms with Gasteiger partial charge in [0.25, 0.3) is 0 Å². The van der Waals surface area contributed by atoms with Crippen LogP contribution >= 0.6 is 11.8 Å². The third-order valence-electron chi connectivity index (χ3n) is 4.40. The Morgan fingerprint density at radius 3 is 2.61 bits per heavy atom. The van der Waals surface area contributed by atoms with Crippen molar-refractivity contribution in [2.45, 2.75) is 5.16 Å². The minimum Gasteiger partial charge on any atom is -0.399 e. The van der Waals surface area contributed by atoms with Crippen molar-refractivity contribution in [1.29, 1.82) is 0 Å². The number of aromatic nitrogens is 3. The number of hydrogen-bond donors (Lipinski definition) is 2. The molecular weight excluding hydrogens is 370 g/mol. The summed E-state index contributed by atoms with van der Waals surface area (Å²) >= 11 is 1.35. The molecule has 0 spiro atoms. The number of rotatable bonds is 5. The first-order chi connectivity index (χ1) is 13.6. The highest BCUT2D eigenvalue weighted by Gasteiger charge is 2.13. The van der Waals surface area contributed by atoms with Crippen molar-refractivity contribution in [1.82, 2.24) is 14.8 Å². The summed E-state index contributed by atoms with van der Waals surface area (Å²) in [7, 11) is 1.89. The molecule has 0 saturated heterocycles. The molecule has 28 heavy (non-hydrogen) atoms. The lowest BCUT2D eigenvalue weighted by molar-refractivity contribution is -0.113. The van der Waals surface area contributed by atoms with E-state index in [1.54, 1.807) is 0 Å². The van der Waals surface area contributed by atoms with Crippen LogP contribution in [0.25, 0.3) is 22.2 Å². The second-order valence-electron chi connectivity index (χ2n) is 6.35. The molecule has 4 aromatic rings. The maximum Gasteiger partial charge on any atom is 0.234 e. The van der Waals surface area contributed by atoms with Crippen LogP contribution in [-0.4, -0.2) is 26.4 Å². The van der Waals surface area contributed by atoms with Crippen LogP contribution in [0.5, 0.6) is 0 Å². The Morgan fingerprint density at radius 2 is 1.79 bits per heavy atom.